The zero-order valence-corrected chi connectivity index (χ0v) is 15.6. The third kappa shape index (κ3) is 4.60. The van der Waals surface area contributed by atoms with E-state index in [1.54, 1.807) is 0 Å². The molecular formula is C18H36N4O. The fraction of sp³-hybridized carbons (Fsp3) is 0.944. The third-order valence-corrected chi connectivity index (χ3v) is 6.23. The molecule has 134 valence electrons. The minimum absolute atomic E-state index is 0.172. The van der Waals surface area contributed by atoms with E-state index in [1.165, 1.54) is 32.1 Å². The topological polar surface area (TPSA) is 48.9 Å². The zero-order valence-electron chi connectivity index (χ0n) is 15.6. The molecule has 1 heterocycles. The molecule has 0 radical (unpaired) electrons. The van der Waals surface area contributed by atoms with Crippen LogP contribution in [0.5, 0.6) is 0 Å². The summed E-state index contributed by atoms with van der Waals surface area (Å²) >= 11 is 0. The molecule has 5 nitrogen and oxygen atoms in total. The van der Waals surface area contributed by atoms with Crippen LogP contribution in [-0.2, 0) is 4.74 Å². The second-order valence-corrected chi connectivity index (χ2v) is 7.57. The number of nitrogens with zero attached hydrogens (tertiary/aromatic N) is 2. The first kappa shape index (κ1) is 18.5. The summed E-state index contributed by atoms with van der Waals surface area (Å²) in [6.45, 7) is 5.99. The van der Waals surface area contributed by atoms with E-state index in [0.717, 1.165) is 45.1 Å². The molecule has 2 rings (SSSR count). The van der Waals surface area contributed by atoms with Gasteiger partial charge in [0.1, 0.15) is 0 Å². The number of likely N-dealkylation sites (N-methyl/N-ethyl adjacent to an activating group) is 1. The monoisotopic (exact) mass is 324 g/mol. The van der Waals surface area contributed by atoms with Crippen molar-refractivity contribution in [2.45, 2.75) is 57.4 Å². The standard InChI is InChI=1S/C18H36N4O/c1-5-17(8-6-7-9-17)14-20-16(19-2)21-15-18(22(3)4)10-12-23-13-11-18/h5-15H2,1-4H3,(H2,19,20,21). The molecule has 2 N–H and O–H groups in total. The van der Waals surface area contributed by atoms with Gasteiger partial charge >= 0.3 is 0 Å². The summed E-state index contributed by atoms with van der Waals surface area (Å²) in [7, 11) is 6.22. The van der Waals surface area contributed by atoms with Crippen molar-refractivity contribution in [1.82, 2.24) is 15.5 Å². The van der Waals surface area contributed by atoms with Crippen molar-refractivity contribution in [3.63, 3.8) is 0 Å². The van der Waals surface area contributed by atoms with Crippen LogP contribution in [0, 0.1) is 5.41 Å². The normalized spacial score (nSPS) is 24.0. The molecule has 0 bridgehead atoms. The molecular weight excluding hydrogens is 288 g/mol. The lowest BCUT2D eigenvalue weighted by Crippen LogP contribution is -2.57. The summed E-state index contributed by atoms with van der Waals surface area (Å²) in [4.78, 5) is 6.78. The number of ether oxygens (including phenoxy) is 1. The summed E-state index contributed by atoms with van der Waals surface area (Å²) in [5.74, 6) is 0.942. The van der Waals surface area contributed by atoms with Gasteiger partial charge in [-0.2, -0.15) is 0 Å². The highest BCUT2D eigenvalue weighted by Crippen LogP contribution is 2.40. The zero-order chi connectivity index (χ0) is 16.8. The Morgan fingerprint density at radius 1 is 1.04 bits per heavy atom. The van der Waals surface area contributed by atoms with Gasteiger partial charge in [0.05, 0.1) is 0 Å². The van der Waals surface area contributed by atoms with Crippen molar-refractivity contribution in [3.05, 3.63) is 0 Å². The predicted octanol–water partition coefficient (Wildman–Crippen LogP) is 2.23. The largest absolute Gasteiger partial charge is 0.381 e. The van der Waals surface area contributed by atoms with Crippen LogP contribution in [0.15, 0.2) is 4.99 Å². The van der Waals surface area contributed by atoms with Crippen molar-refractivity contribution in [2.24, 2.45) is 10.4 Å². The lowest BCUT2D eigenvalue weighted by atomic mass is 9.83. The van der Waals surface area contributed by atoms with Crippen LogP contribution in [0.2, 0.25) is 0 Å². The van der Waals surface area contributed by atoms with Gasteiger partial charge < -0.3 is 20.3 Å². The number of rotatable bonds is 6. The lowest BCUT2D eigenvalue weighted by Gasteiger charge is -2.43. The molecule has 0 aromatic rings. The number of hydrogen-bond acceptors (Lipinski definition) is 3. The smallest absolute Gasteiger partial charge is 0.191 e. The maximum Gasteiger partial charge on any atom is 0.191 e. The molecule has 1 aliphatic heterocycles. The minimum atomic E-state index is 0.172. The highest BCUT2D eigenvalue weighted by Gasteiger charge is 2.35. The maximum atomic E-state index is 5.55. The summed E-state index contributed by atoms with van der Waals surface area (Å²) in [6, 6.07) is 0. The first-order valence-electron chi connectivity index (χ1n) is 9.26. The Balaban J connectivity index is 1.86. The average molecular weight is 325 g/mol. The molecule has 2 aliphatic rings. The fourth-order valence-corrected chi connectivity index (χ4v) is 4.05. The van der Waals surface area contributed by atoms with Crippen LogP contribution in [0.3, 0.4) is 0 Å². The van der Waals surface area contributed by atoms with Gasteiger partial charge in [0, 0.05) is 38.9 Å². The Kier molecular flexibility index (Phi) is 6.72. The Morgan fingerprint density at radius 2 is 1.65 bits per heavy atom. The van der Waals surface area contributed by atoms with Crippen LogP contribution < -0.4 is 10.6 Å². The van der Waals surface area contributed by atoms with Gasteiger partial charge in [0.15, 0.2) is 5.96 Å². The van der Waals surface area contributed by atoms with Crippen LogP contribution in [0.1, 0.15) is 51.9 Å². The van der Waals surface area contributed by atoms with Gasteiger partial charge in [-0.15, -0.1) is 0 Å². The molecule has 0 aromatic heterocycles. The second kappa shape index (κ2) is 8.34. The molecule has 5 heteroatoms. The van der Waals surface area contributed by atoms with Crippen LogP contribution >= 0.6 is 0 Å². The Labute approximate surface area is 142 Å². The molecule has 0 spiro atoms. The quantitative estimate of drug-likeness (QED) is 0.581. The minimum Gasteiger partial charge on any atom is -0.381 e. The van der Waals surface area contributed by atoms with E-state index in [2.05, 4.69) is 41.5 Å². The molecule has 2 fully saturated rings. The molecule has 0 aromatic carbocycles. The molecule has 0 amide bonds. The first-order chi connectivity index (χ1) is 11.1. The van der Waals surface area contributed by atoms with Crippen molar-refractivity contribution < 1.29 is 4.74 Å². The van der Waals surface area contributed by atoms with Crippen LogP contribution in [0.4, 0.5) is 0 Å². The van der Waals surface area contributed by atoms with Crippen molar-refractivity contribution in [3.8, 4) is 0 Å². The third-order valence-electron chi connectivity index (χ3n) is 6.23. The summed E-state index contributed by atoms with van der Waals surface area (Å²) in [6.07, 6.45) is 8.87. The van der Waals surface area contributed by atoms with Crippen molar-refractivity contribution in [1.29, 1.82) is 0 Å². The average Bonchev–Trinajstić information content (AvgIpc) is 3.05. The number of nitrogens with one attached hydrogen (secondary N) is 2. The second-order valence-electron chi connectivity index (χ2n) is 7.57. The van der Waals surface area contributed by atoms with E-state index in [1.807, 2.05) is 7.05 Å². The van der Waals surface area contributed by atoms with Crippen LogP contribution in [0.25, 0.3) is 0 Å². The maximum absolute atomic E-state index is 5.55. The molecule has 1 aliphatic carbocycles. The highest BCUT2D eigenvalue weighted by molar-refractivity contribution is 5.79. The molecule has 1 saturated carbocycles. The SMILES string of the molecule is CCC1(CNC(=NC)NCC2(N(C)C)CCOCC2)CCCC1. The fourth-order valence-electron chi connectivity index (χ4n) is 4.05. The van der Waals surface area contributed by atoms with E-state index in [0.29, 0.717) is 5.41 Å². The van der Waals surface area contributed by atoms with E-state index >= 15 is 0 Å². The molecule has 0 unspecified atom stereocenters. The lowest BCUT2D eigenvalue weighted by molar-refractivity contribution is -0.00502. The van der Waals surface area contributed by atoms with Crippen molar-refractivity contribution >= 4 is 5.96 Å². The van der Waals surface area contributed by atoms with Crippen molar-refractivity contribution in [2.75, 3.05) is 47.4 Å². The van der Waals surface area contributed by atoms with E-state index in [4.69, 9.17) is 4.74 Å². The van der Waals surface area contributed by atoms with Crippen LogP contribution in [-0.4, -0.2) is 63.8 Å². The molecule has 23 heavy (non-hydrogen) atoms. The van der Waals surface area contributed by atoms with Gasteiger partial charge in [0.25, 0.3) is 0 Å². The van der Waals surface area contributed by atoms with Gasteiger partial charge in [-0.05, 0) is 51.6 Å². The van der Waals surface area contributed by atoms with E-state index in [9.17, 15) is 0 Å². The predicted molar refractivity (Wildman–Crippen MR) is 97.0 cm³/mol. The van der Waals surface area contributed by atoms with Gasteiger partial charge in [-0.3, -0.25) is 4.99 Å². The van der Waals surface area contributed by atoms with Gasteiger partial charge in [0.2, 0.25) is 0 Å². The highest BCUT2D eigenvalue weighted by atomic mass is 16.5. The van der Waals surface area contributed by atoms with E-state index < -0.39 is 0 Å². The summed E-state index contributed by atoms with van der Waals surface area (Å²) in [5.41, 5.74) is 0.654. The number of aliphatic imine (C=N–C) groups is 1. The number of hydrogen-bond donors (Lipinski definition) is 2. The molecule has 1 saturated heterocycles. The van der Waals surface area contributed by atoms with Gasteiger partial charge in [-0.1, -0.05) is 19.8 Å². The Hall–Kier alpha value is -0.810. The summed E-state index contributed by atoms with van der Waals surface area (Å²) < 4.78 is 5.55. The van der Waals surface area contributed by atoms with E-state index in [-0.39, 0.29) is 5.54 Å². The molecule has 0 atom stereocenters. The Morgan fingerprint density at radius 3 is 2.17 bits per heavy atom. The number of guanidine groups is 1. The first-order valence-corrected chi connectivity index (χ1v) is 9.26. The Bertz CT molecular complexity index is 382. The van der Waals surface area contributed by atoms with Gasteiger partial charge in [-0.25, -0.2) is 0 Å². The summed E-state index contributed by atoms with van der Waals surface area (Å²) in [5, 5.41) is 7.16.